The Morgan fingerprint density at radius 3 is 2.10 bits per heavy atom. The van der Waals surface area contributed by atoms with E-state index in [0.717, 1.165) is 0 Å². The van der Waals surface area contributed by atoms with Crippen LogP contribution in [-0.4, -0.2) is 34.0 Å². The fourth-order valence-electron chi connectivity index (χ4n) is 0.421. The highest BCUT2D eigenvalue weighted by Gasteiger charge is 2.32. The molecule has 0 bridgehead atoms. The Morgan fingerprint density at radius 1 is 1.60 bits per heavy atom. The lowest BCUT2D eigenvalue weighted by Gasteiger charge is -2.24. The zero-order chi connectivity index (χ0) is 8.36. The Balaban J connectivity index is 4.17. The standard InChI is InChI=1S/C6H12O4/c1-6(2,3-7)4(8)5(9)10/h4,7-8H,3H2,1-2H3,(H,9,10)/t4-/m0/s1. The van der Waals surface area contributed by atoms with Crippen LogP contribution in [0.15, 0.2) is 0 Å². The van der Waals surface area contributed by atoms with Gasteiger partial charge in [-0.15, -0.1) is 0 Å². The van der Waals surface area contributed by atoms with Crippen molar-refractivity contribution in [3.63, 3.8) is 0 Å². The first-order chi connectivity index (χ1) is 4.41. The third kappa shape index (κ3) is 1.97. The molecule has 4 heteroatoms. The van der Waals surface area contributed by atoms with Crippen LogP contribution in [0, 0.1) is 5.41 Å². The number of carboxylic acids is 1. The first-order valence-corrected chi connectivity index (χ1v) is 2.93. The summed E-state index contributed by atoms with van der Waals surface area (Å²) in [5.74, 6) is -1.31. The summed E-state index contributed by atoms with van der Waals surface area (Å²) in [6, 6.07) is 0. The smallest absolute Gasteiger partial charge is 0.333 e. The van der Waals surface area contributed by atoms with Crippen molar-refractivity contribution < 1.29 is 20.1 Å². The highest BCUT2D eigenvalue weighted by atomic mass is 16.4. The average molecular weight is 148 g/mol. The van der Waals surface area contributed by atoms with Crippen LogP contribution in [0.25, 0.3) is 0 Å². The number of aliphatic hydroxyl groups is 2. The molecule has 3 N–H and O–H groups in total. The van der Waals surface area contributed by atoms with Gasteiger partial charge in [0.15, 0.2) is 6.10 Å². The molecule has 0 aromatic heterocycles. The van der Waals surface area contributed by atoms with Crippen LogP contribution in [0.3, 0.4) is 0 Å². The van der Waals surface area contributed by atoms with Crippen LogP contribution in [-0.2, 0) is 4.79 Å². The van der Waals surface area contributed by atoms with Gasteiger partial charge in [-0.05, 0) is 0 Å². The fourth-order valence-corrected chi connectivity index (χ4v) is 0.421. The van der Waals surface area contributed by atoms with Gasteiger partial charge in [0.1, 0.15) is 0 Å². The predicted molar refractivity (Wildman–Crippen MR) is 34.5 cm³/mol. The van der Waals surface area contributed by atoms with Gasteiger partial charge < -0.3 is 15.3 Å². The van der Waals surface area contributed by atoms with Crippen LogP contribution in [0.1, 0.15) is 13.8 Å². The molecule has 0 radical (unpaired) electrons. The molecule has 0 rings (SSSR count). The highest BCUT2D eigenvalue weighted by molar-refractivity contribution is 5.72. The zero-order valence-corrected chi connectivity index (χ0v) is 6.03. The van der Waals surface area contributed by atoms with Crippen molar-refractivity contribution in [1.29, 1.82) is 0 Å². The molecule has 0 aliphatic heterocycles. The van der Waals surface area contributed by atoms with E-state index >= 15 is 0 Å². The molecule has 10 heavy (non-hydrogen) atoms. The number of hydrogen-bond acceptors (Lipinski definition) is 3. The predicted octanol–water partition coefficient (Wildman–Crippen LogP) is -0.550. The molecule has 1 atom stereocenters. The lowest BCUT2D eigenvalue weighted by atomic mass is 9.88. The molecule has 0 aliphatic carbocycles. The number of carbonyl (C=O) groups is 1. The quantitative estimate of drug-likeness (QED) is 0.502. The second-order valence-electron chi connectivity index (χ2n) is 2.89. The number of aliphatic hydroxyl groups excluding tert-OH is 2. The molecule has 0 saturated heterocycles. The molecule has 0 spiro atoms. The normalized spacial score (nSPS) is 14.8. The molecule has 0 heterocycles. The summed E-state index contributed by atoms with van der Waals surface area (Å²) < 4.78 is 0. The molecule has 4 nitrogen and oxygen atoms in total. The number of carboxylic acid groups (broad SMARTS) is 1. The molecule has 0 unspecified atom stereocenters. The summed E-state index contributed by atoms with van der Waals surface area (Å²) >= 11 is 0. The Hall–Kier alpha value is -0.610. The van der Waals surface area contributed by atoms with Crippen molar-refractivity contribution >= 4 is 5.97 Å². The van der Waals surface area contributed by atoms with Crippen molar-refractivity contribution in [3.8, 4) is 0 Å². The van der Waals surface area contributed by atoms with Crippen LogP contribution < -0.4 is 0 Å². The van der Waals surface area contributed by atoms with E-state index in [4.69, 9.17) is 15.3 Å². The Bertz CT molecular complexity index is 130. The van der Waals surface area contributed by atoms with Crippen molar-refractivity contribution in [2.75, 3.05) is 6.61 Å². The molecule has 0 amide bonds. The lowest BCUT2D eigenvalue weighted by Crippen LogP contribution is -2.38. The summed E-state index contributed by atoms with van der Waals surface area (Å²) in [6.07, 6.45) is -1.50. The lowest BCUT2D eigenvalue weighted by molar-refractivity contribution is -0.154. The van der Waals surface area contributed by atoms with Gasteiger partial charge in [0, 0.05) is 5.41 Å². The summed E-state index contributed by atoms with van der Waals surface area (Å²) in [5, 5.41) is 25.8. The maximum Gasteiger partial charge on any atom is 0.333 e. The number of rotatable bonds is 3. The Labute approximate surface area is 59.1 Å². The van der Waals surface area contributed by atoms with Gasteiger partial charge in [0.05, 0.1) is 6.61 Å². The molecule has 0 fully saturated rings. The summed E-state index contributed by atoms with van der Waals surface area (Å²) in [6.45, 7) is 2.61. The SMILES string of the molecule is CC(C)(CO)[C@@H](O)C(=O)O. The first-order valence-electron chi connectivity index (χ1n) is 2.93. The Morgan fingerprint density at radius 2 is 2.00 bits per heavy atom. The highest BCUT2D eigenvalue weighted by Crippen LogP contribution is 2.19. The minimum Gasteiger partial charge on any atom is -0.479 e. The van der Waals surface area contributed by atoms with Crippen molar-refractivity contribution in [2.45, 2.75) is 20.0 Å². The maximum absolute atomic E-state index is 10.1. The Kier molecular flexibility index (Phi) is 2.80. The molecule has 0 aromatic rings. The van der Waals surface area contributed by atoms with Crippen LogP contribution in [0.5, 0.6) is 0 Å². The monoisotopic (exact) mass is 148 g/mol. The third-order valence-electron chi connectivity index (χ3n) is 1.38. The molecule has 0 saturated carbocycles. The zero-order valence-electron chi connectivity index (χ0n) is 6.03. The number of hydrogen-bond donors (Lipinski definition) is 3. The van der Waals surface area contributed by atoms with Crippen LogP contribution in [0.2, 0.25) is 0 Å². The van der Waals surface area contributed by atoms with Gasteiger partial charge in [-0.25, -0.2) is 4.79 Å². The van der Waals surface area contributed by atoms with Crippen molar-refractivity contribution in [3.05, 3.63) is 0 Å². The minimum absolute atomic E-state index is 0.347. The van der Waals surface area contributed by atoms with E-state index in [9.17, 15) is 4.79 Å². The molecule has 60 valence electrons. The fraction of sp³-hybridized carbons (Fsp3) is 0.833. The number of aliphatic carboxylic acids is 1. The maximum atomic E-state index is 10.1. The summed E-state index contributed by atoms with van der Waals surface area (Å²) in [4.78, 5) is 10.1. The van der Waals surface area contributed by atoms with Gasteiger partial charge in [-0.1, -0.05) is 13.8 Å². The third-order valence-corrected chi connectivity index (χ3v) is 1.38. The minimum atomic E-state index is -1.50. The van der Waals surface area contributed by atoms with E-state index in [2.05, 4.69) is 0 Å². The molecular weight excluding hydrogens is 136 g/mol. The molecular formula is C6H12O4. The second-order valence-corrected chi connectivity index (χ2v) is 2.89. The van der Waals surface area contributed by atoms with Gasteiger partial charge >= 0.3 is 5.97 Å². The average Bonchev–Trinajstić information content (AvgIpc) is 1.86. The summed E-state index contributed by atoms with van der Waals surface area (Å²) in [5.41, 5.74) is -0.966. The van der Waals surface area contributed by atoms with E-state index in [1.54, 1.807) is 0 Å². The van der Waals surface area contributed by atoms with Crippen molar-refractivity contribution in [1.82, 2.24) is 0 Å². The van der Waals surface area contributed by atoms with E-state index < -0.39 is 17.5 Å². The molecule has 0 aromatic carbocycles. The van der Waals surface area contributed by atoms with Crippen molar-refractivity contribution in [2.24, 2.45) is 5.41 Å². The second kappa shape index (κ2) is 2.98. The van der Waals surface area contributed by atoms with Gasteiger partial charge in [0.25, 0.3) is 0 Å². The van der Waals surface area contributed by atoms with Crippen LogP contribution in [0.4, 0.5) is 0 Å². The first kappa shape index (κ1) is 9.39. The molecule has 0 aliphatic rings. The van der Waals surface area contributed by atoms with Crippen LogP contribution >= 0.6 is 0 Å². The van der Waals surface area contributed by atoms with Gasteiger partial charge in [-0.3, -0.25) is 0 Å². The van der Waals surface area contributed by atoms with Gasteiger partial charge in [0.2, 0.25) is 0 Å². The van der Waals surface area contributed by atoms with E-state index in [0.29, 0.717) is 0 Å². The van der Waals surface area contributed by atoms with E-state index in [-0.39, 0.29) is 6.61 Å². The van der Waals surface area contributed by atoms with E-state index in [1.807, 2.05) is 0 Å². The topological polar surface area (TPSA) is 77.8 Å². The largest absolute Gasteiger partial charge is 0.479 e. The van der Waals surface area contributed by atoms with Gasteiger partial charge in [-0.2, -0.15) is 0 Å². The summed E-state index contributed by atoms with van der Waals surface area (Å²) in [7, 11) is 0. The van der Waals surface area contributed by atoms with E-state index in [1.165, 1.54) is 13.8 Å².